The number of fused-ring (bicyclic) bond motifs is 1. The fourth-order valence-corrected chi connectivity index (χ4v) is 4.40. The van der Waals surface area contributed by atoms with Crippen LogP contribution in [0.4, 0.5) is 4.79 Å². The average Bonchev–Trinajstić information content (AvgIpc) is 3.58. The van der Waals surface area contributed by atoms with Gasteiger partial charge >= 0.3 is 6.03 Å². The van der Waals surface area contributed by atoms with E-state index in [0.29, 0.717) is 31.1 Å². The molecule has 3 N–H and O–H groups in total. The maximum absolute atomic E-state index is 13.1. The number of rotatable bonds is 6. The van der Waals surface area contributed by atoms with Crippen LogP contribution in [0.3, 0.4) is 0 Å². The van der Waals surface area contributed by atoms with E-state index in [1.807, 2.05) is 29.8 Å². The van der Waals surface area contributed by atoms with Crippen LogP contribution in [-0.2, 0) is 18.3 Å². The van der Waals surface area contributed by atoms with Gasteiger partial charge in [-0.2, -0.15) is 0 Å². The van der Waals surface area contributed by atoms with E-state index >= 15 is 0 Å². The van der Waals surface area contributed by atoms with E-state index in [1.165, 1.54) is 0 Å². The molecule has 0 spiro atoms. The van der Waals surface area contributed by atoms with Crippen LogP contribution < -0.4 is 20.5 Å². The van der Waals surface area contributed by atoms with Crippen LogP contribution in [0.5, 0.6) is 11.5 Å². The van der Waals surface area contributed by atoms with Crippen molar-refractivity contribution in [2.75, 3.05) is 19.9 Å². The molecule has 0 radical (unpaired) electrons. The van der Waals surface area contributed by atoms with Gasteiger partial charge in [0.25, 0.3) is 0 Å². The van der Waals surface area contributed by atoms with Crippen LogP contribution in [0.1, 0.15) is 23.7 Å². The molecular formula is C22H25N7O4. The van der Waals surface area contributed by atoms with Crippen molar-refractivity contribution < 1.29 is 19.1 Å². The summed E-state index contributed by atoms with van der Waals surface area (Å²) in [7, 11) is 1.88. The number of nitrogens with zero attached hydrogens (tertiary/aromatic N) is 5. The number of amides is 3. The molecule has 2 unspecified atom stereocenters. The Kier molecular flexibility index (Phi) is 5.37. The molecule has 4 heterocycles. The average molecular weight is 451 g/mol. The van der Waals surface area contributed by atoms with E-state index in [9.17, 15) is 9.59 Å². The molecule has 1 fully saturated rings. The fourth-order valence-electron chi connectivity index (χ4n) is 4.40. The predicted molar refractivity (Wildman–Crippen MR) is 117 cm³/mol. The van der Waals surface area contributed by atoms with Gasteiger partial charge in [-0.15, -0.1) is 0 Å². The second-order valence-electron chi connectivity index (χ2n) is 8.18. The van der Waals surface area contributed by atoms with Crippen molar-refractivity contribution in [3.8, 4) is 17.4 Å². The molecular weight excluding hydrogens is 426 g/mol. The Hall–Kier alpha value is -4.02. The van der Waals surface area contributed by atoms with Gasteiger partial charge in [-0.1, -0.05) is 6.07 Å². The molecule has 11 nitrogen and oxygen atoms in total. The number of aromatic nitrogens is 4. The first-order valence-corrected chi connectivity index (χ1v) is 10.7. The number of ether oxygens (including phenoxy) is 2. The Labute approximate surface area is 190 Å². The van der Waals surface area contributed by atoms with E-state index < -0.39 is 11.8 Å². The number of imidazole rings is 2. The van der Waals surface area contributed by atoms with Gasteiger partial charge in [0.2, 0.25) is 18.6 Å². The van der Waals surface area contributed by atoms with Crippen molar-refractivity contribution in [3.05, 3.63) is 54.4 Å². The maximum atomic E-state index is 13.1. The minimum Gasteiger partial charge on any atom is -0.454 e. The lowest BCUT2D eigenvalue weighted by Crippen LogP contribution is -2.41. The van der Waals surface area contributed by atoms with Gasteiger partial charge in [-0.3, -0.25) is 9.36 Å². The number of carbonyl (C=O) groups excluding carboxylic acids is 2. The summed E-state index contributed by atoms with van der Waals surface area (Å²) in [6.07, 6.45) is 7.95. The van der Waals surface area contributed by atoms with Gasteiger partial charge in [-0.25, -0.2) is 14.8 Å². The fraction of sp³-hybridized carbons (Fsp3) is 0.364. The van der Waals surface area contributed by atoms with Crippen molar-refractivity contribution in [3.63, 3.8) is 0 Å². The van der Waals surface area contributed by atoms with E-state index in [4.69, 9.17) is 15.2 Å². The predicted octanol–water partition coefficient (Wildman–Crippen LogP) is 1.14. The number of hydrogen-bond acceptors (Lipinski definition) is 6. The van der Waals surface area contributed by atoms with E-state index in [2.05, 4.69) is 15.3 Å². The summed E-state index contributed by atoms with van der Waals surface area (Å²) < 4.78 is 14.4. The number of likely N-dealkylation sites (tertiary alicyclic amines) is 1. The summed E-state index contributed by atoms with van der Waals surface area (Å²) in [5, 5.41) is 2.97. The Morgan fingerprint density at radius 1 is 1.27 bits per heavy atom. The largest absolute Gasteiger partial charge is 0.454 e. The summed E-state index contributed by atoms with van der Waals surface area (Å²) in [5.74, 6) is 1.29. The molecule has 3 amide bonds. The molecule has 3 aromatic rings. The van der Waals surface area contributed by atoms with Gasteiger partial charge in [0, 0.05) is 32.5 Å². The zero-order valence-electron chi connectivity index (χ0n) is 18.2. The first-order chi connectivity index (χ1) is 16.0. The van der Waals surface area contributed by atoms with Crippen LogP contribution >= 0.6 is 0 Å². The number of primary amides is 1. The number of benzene rings is 1. The molecule has 2 aliphatic heterocycles. The highest BCUT2D eigenvalue weighted by Gasteiger charge is 2.40. The topological polar surface area (TPSA) is 130 Å². The van der Waals surface area contributed by atoms with Gasteiger partial charge in [0.1, 0.15) is 6.33 Å². The maximum Gasteiger partial charge on any atom is 0.318 e. The summed E-state index contributed by atoms with van der Waals surface area (Å²) in [6, 6.07) is 5.18. The van der Waals surface area contributed by atoms with Crippen molar-refractivity contribution in [1.82, 2.24) is 29.3 Å². The highest BCUT2D eigenvalue weighted by atomic mass is 16.7. The molecule has 0 saturated carbocycles. The highest BCUT2D eigenvalue weighted by Crippen LogP contribution is 2.36. The summed E-state index contributed by atoms with van der Waals surface area (Å²) in [6.45, 7) is 0.930. The monoisotopic (exact) mass is 451 g/mol. The third-order valence-corrected chi connectivity index (χ3v) is 6.17. The molecule has 0 aliphatic carbocycles. The second-order valence-corrected chi connectivity index (χ2v) is 8.18. The molecule has 2 aromatic heterocycles. The third kappa shape index (κ3) is 3.97. The number of nitrogens with two attached hydrogens (primary N) is 1. The standard InChI is InChI=1S/C22H25N7O4/c1-27-17(10-26-21(27)28-7-6-24-12-28)16-9-15(20(23)30)11-29(16)22(31)25-5-4-14-2-3-18-19(8-14)33-13-32-18/h2-3,6-8,10,12,15-16H,4-5,9,11,13H2,1H3,(H2,23,30)(H,25,31). The minimum absolute atomic E-state index is 0.226. The SMILES string of the molecule is Cn1c(C2CC(C(N)=O)CN2C(=O)NCCc2ccc3c(c2)OCO3)cnc1-n1ccnc1. The lowest BCUT2D eigenvalue weighted by molar-refractivity contribution is -0.121. The highest BCUT2D eigenvalue weighted by molar-refractivity contribution is 5.80. The third-order valence-electron chi connectivity index (χ3n) is 6.17. The smallest absolute Gasteiger partial charge is 0.318 e. The Morgan fingerprint density at radius 2 is 2.12 bits per heavy atom. The zero-order valence-corrected chi connectivity index (χ0v) is 18.2. The molecule has 2 atom stereocenters. The molecule has 5 rings (SSSR count). The van der Waals surface area contributed by atoms with E-state index in [0.717, 1.165) is 17.0 Å². The van der Waals surface area contributed by atoms with Gasteiger partial charge in [0.05, 0.1) is 23.9 Å². The number of urea groups is 1. The van der Waals surface area contributed by atoms with Crippen molar-refractivity contribution in [1.29, 1.82) is 0 Å². The van der Waals surface area contributed by atoms with Gasteiger partial charge in [-0.05, 0) is 30.5 Å². The van der Waals surface area contributed by atoms with Crippen molar-refractivity contribution in [2.24, 2.45) is 18.7 Å². The molecule has 1 aromatic carbocycles. The lowest BCUT2D eigenvalue weighted by atomic mass is 10.0. The Balaban J connectivity index is 1.29. The van der Waals surface area contributed by atoms with E-state index in [-0.39, 0.29) is 25.4 Å². The quantitative estimate of drug-likeness (QED) is 0.578. The number of carbonyl (C=O) groups is 2. The van der Waals surface area contributed by atoms with Crippen molar-refractivity contribution >= 4 is 11.9 Å². The van der Waals surface area contributed by atoms with Crippen LogP contribution in [0.25, 0.3) is 5.95 Å². The lowest BCUT2D eigenvalue weighted by Gasteiger charge is -2.25. The molecule has 172 valence electrons. The molecule has 11 heteroatoms. The molecule has 1 saturated heterocycles. The van der Waals surface area contributed by atoms with Gasteiger partial charge < -0.3 is 30.0 Å². The zero-order chi connectivity index (χ0) is 22.9. The summed E-state index contributed by atoms with van der Waals surface area (Å²) in [4.78, 5) is 35.2. The Morgan fingerprint density at radius 3 is 2.91 bits per heavy atom. The number of nitrogens with one attached hydrogen (secondary N) is 1. The number of hydrogen-bond donors (Lipinski definition) is 2. The van der Waals surface area contributed by atoms with E-state index in [1.54, 1.807) is 34.4 Å². The molecule has 0 bridgehead atoms. The summed E-state index contributed by atoms with van der Waals surface area (Å²) in [5.41, 5.74) is 7.45. The molecule has 33 heavy (non-hydrogen) atoms. The van der Waals surface area contributed by atoms with Gasteiger partial charge in [0.15, 0.2) is 11.5 Å². The van der Waals surface area contributed by atoms with Crippen LogP contribution in [-0.4, -0.2) is 55.8 Å². The second kappa shape index (κ2) is 8.49. The first kappa shape index (κ1) is 20.9. The molecule has 2 aliphatic rings. The first-order valence-electron chi connectivity index (χ1n) is 10.7. The Bertz CT molecular complexity index is 1170. The normalized spacial score (nSPS) is 19.1. The van der Waals surface area contributed by atoms with Crippen LogP contribution in [0.2, 0.25) is 0 Å². The van der Waals surface area contributed by atoms with Crippen LogP contribution in [0, 0.1) is 5.92 Å². The summed E-state index contributed by atoms with van der Waals surface area (Å²) >= 11 is 0. The minimum atomic E-state index is -0.416. The van der Waals surface area contributed by atoms with Crippen molar-refractivity contribution in [2.45, 2.75) is 18.9 Å². The van der Waals surface area contributed by atoms with Crippen LogP contribution in [0.15, 0.2) is 43.1 Å².